The number of benzene rings is 1. The van der Waals surface area contributed by atoms with Crippen molar-refractivity contribution < 1.29 is 9.32 Å². The van der Waals surface area contributed by atoms with Crippen LogP contribution in [0.3, 0.4) is 0 Å². The SMILES string of the molecule is Cc1nnsc1C(=O)N1CC(c2ccccc2)C(c2ncon2)C1. The largest absolute Gasteiger partial charge is 0.343 e. The van der Waals surface area contributed by atoms with Gasteiger partial charge >= 0.3 is 0 Å². The molecule has 4 rings (SSSR count). The highest BCUT2D eigenvalue weighted by atomic mass is 32.1. The quantitative estimate of drug-likeness (QED) is 0.726. The van der Waals surface area contributed by atoms with Gasteiger partial charge in [0.15, 0.2) is 5.82 Å². The molecule has 0 saturated carbocycles. The minimum atomic E-state index is -0.0329. The normalized spacial score (nSPS) is 20.5. The number of nitrogens with zero attached hydrogens (tertiary/aromatic N) is 5. The first-order chi connectivity index (χ1) is 11.7. The van der Waals surface area contributed by atoms with Gasteiger partial charge in [-0.05, 0) is 24.0 Å². The van der Waals surface area contributed by atoms with Crippen LogP contribution in [0.2, 0.25) is 0 Å². The minimum absolute atomic E-state index is 0.0105. The molecule has 8 heteroatoms. The van der Waals surface area contributed by atoms with E-state index in [4.69, 9.17) is 4.52 Å². The summed E-state index contributed by atoms with van der Waals surface area (Å²) in [4.78, 5) is 19.5. The van der Waals surface area contributed by atoms with Gasteiger partial charge in [-0.3, -0.25) is 4.79 Å². The zero-order valence-electron chi connectivity index (χ0n) is 13.0. The Morgan fingerprint density at radius 1 is 1.25 bits per heavy atom. The van der Waals surface area contributed by atoms with Gasteiger partial charge in [0.2, 0.25) is 6.39 Å². The zero-order valence-corrected chi connectivity index (χ0v) is 13.8. The minimum Gasteiger partial charge on any atom is -0.343 e. The first-order valence-electron chi connectivity index (χ1n) is 7.63. The summed E-state index contributed by atoms with van der Waals surface area (Å²) in [6.07, 6.45) is 1.33. The van der Waals surface area contributed by atoms with Crippen molar-refractivity contribution >= 4 is 17.4 Å². The number of aryl methyl sites for hydroxylation is 1. The Morgan fingerprint density at radius 2 is 2.04 bits per heavy atom. The maximum absolute atomic E-state index is 12.8. The molecule has 1 aliphatic heterocycles. The van der Waals surface area contributed by atoms with E-state index >= 15 is 0 Å². The molecule has 3 heterocycles. The van der Waals surface area contributed by atoms with Gasteiger partial charge in [0.1, 0.15) is 4.88 Å². The van der Waals surface area contributed by atoms with Gasteiger partial charge in [-0.2, -0.15) is 4.98 Å². The topological polar surface area (TPSA) is 85.0 Å². The van der Waals surface area contributed by atoms with Gasteiger partial charge in [-0.15, -0.1) is 5.10 Å². The maximum atomic E-state index is 12.8. The Hall–Kier alpha value is -2.61. The fourth-order valence-corrected chi connectivity index (χ4v) is 3.81. The van der Waals surface area contributed by atoms with Gasteiger partial charge in [0.25, 0.3) is 5.91 Å². The number of amides is 1. The van der Waals surface area contributed by atoms with Crippen molar-refractivity contribution in [3.63, 3.8) is 0 Å². The number of rotatable bonds is 3. The second kappa shape index (κ2) is 6.12. The third-order valence-electron chi connectivity index (χ3n) is 4.39. The molecule has 122 valence electrons. The van der Waals surface area contributed by atoms with E-state index in [1.165, 1.54) is 12.0 Å². The lowest BCUT2D eigenvalue weighted by Gasteiger charge is -2.15. The Morgan fingerprint density at radius 3 is 2.71 bits per heavy atom. The summed E-state index contributed by atoms with van der Waals surface area (Å²) in [5, 5.41) is 7.94. The molecule has 7 nitrogen and oxygen atoms in total. The van der Waals surface area contributed by atoms with Crippen LogP contribution in [0.5, 0.6) is 0 Å². The summed E-state index contributed by atoms with van der Waals surface area (Å²) in [5.41, 5.74) is 1.84. The second-order valence-electron chi connectivity index (χ2n) is 5.81. The molecule has 3 aromatic rings. The van der Waals surface area contributed by atoms with E-state index in [1.807, 2.05) is 23.1 Å². The summed E-state index contributed by atoms with van der Waals surface area (Å²) in [6, 6.07) is 10.1. The summed E-state index contributed by atoms with van der Waals surface area (Å²) in [5.74, 6) is 0.748. The molecular weight excluding hydrogens is 326 g/mol. The van der Waals surface area contributed by atoms with Gasteiger partial charge in [0, 0.05) is 24.9 Å². The van der Waals surface area contributed by atoms with E-state index in [0.29, 0.717) is 29.5 Å². The number of carbonyl (C=O) groups excluding carboxylic acids is 1. The average Bonchev–Trinajstić information content (AvgIpc) is 3.35. The zero-order chi connectivity index (χ0) is 16.5. The second-order valence-corrected chi connectivity index (χ2v) is 6.56. The highest BCUT2D eigenvalue weighted by Crippen LogP contribution is 2.39. The van der Waals surface area contributed by atoms with Crippen molar-refractivity contribution in [3.05, 3.63) is 58.7 Å². The molecule has 24 heavy (non-hydrogen) atoms. The Bertz CT molecular complexity index is 833. The number of hydrogen-bond acceptors (Lipinski definition) is 7. The summed E-state index contributed by atoms with van der Waals surface area (Å²) in [6.45, 7) is 2.97. The molecule has 0 bridgehead atoms. The van der Waals surface area contributed by atoms with Crippen LogP contribution in [-0.4, -0.2) is 43.6 Å². The molecule has 2 aromatic heterocycles. The number of likely N-dealkylation sites (tertiary alicyclic amines) is 1. The third kappa shape index (κ3) is 2.58. The molecule has 2 atom stereocenters. The number of carbonyl (C=O) groups is 1. The first kappa shape index (κ1) is 14.9. The molecule has 0 spiro atoms. The van der Waals surface area contributed by atoms with E-state index in [9.17, 15) is 4.79 Å². The molecule has 0 radical (unpaired) electrons. The lowest BCUT2D eigenvalue weighted by atomic mass is 9.88. The standard InChI is InChI=1S/C16H15N5O2S/c1-10-14(24-20-18-10)16(22)21-7-12(11-5-3-2-4-6-11)13(8-21)15-17-9-23-19-15/h2-6,9,12-13H,7-8H2,1H3. The molecule has 1 aromatic carbocycles. The van der Waals surface area contributed by atoms with Crippen LogP contribution in [0.4, 0.5) is 0 Å². The predicted octanol–water partition coefficient (Wildman–Crippen LogP) is 2.25. The van der Waals surface area contributed by atoms with Crippen LogP contribution in [-0.2, 0) is 0 Å². The molecule has 1 aliphatic rings. The number of hydrogen-bond donors (Lipinski definition) is 0. The lowest BCUT2D eigenvalue weighted by molar-refractivity contribution is 0.0792. The molecule has 2 unspecified atom stereocenters. The summed E-state index contributed by atoms with van der Waals surface area (Å²) < 4.78 is 8.78. The third-order valence-corrected chi connectivity index (χ3v) is 5.21. The molecule has 1 saturated heterocycles. The maximum Gasteiger partial charge on any atom is 0.267 e. The van der Waals surface area contributed by atoms with E-state index in [1.54, 1.807) is 6.92 Å². The van der Waals surface area contributed by atoms with Crippen molar-refractivity contribution in [3.8, 4) is 0 Å². The van der Waals surface area contributed by atoms with Crippen molar-refractivity contribution in [2.45, 2.75) is 18.8 Å². The van der Waals surface area contributed by atoms with Gasteiger partial charge in [-0.25, -0.2) is 0 Å². The molecule has 0 N–H and O–H groups in total. The van der Waals surface area contributed by atoms with Crippen LogP contribution in [0.1, 0.15) is 38.6 Å². The molecule has 1 fully saturated rings. The summed E-state index contributed by atoms with van der Waals surface area (Å²) >= 11 is 1.14. The van der Waals surface area contributed by atoms with E-state index in [2.05, 4.69) is 31.9 Å². The van der Waals surface area contributed by atoms with Crippen LogP contribution >= 0.6 is 11.5 Å². The smallest absolute Gasteiger partial charge is 0.267 e. The predicted molar refractivity (Wildman–Crippen MR) is 86.8 cm³/mol. The van der Waals surface area contributed by atoms with E-state index in [0.717, 1.165) is 11.5 Å². The van der Waals surface area contributed by atoms with Gasteiger partial charge < -0.3 is 9.42 Å². The Kier molecular flexibility index (Phi) is 3.81. The van der Waals surface area contributed by atoms with Crippen molar-refractivity contribution in [2.75, 3.05) is 13.1 Å². The van der Waals surface area contributed by atoms with Crippen LogP contribution in [0, 0.1) is 6.92 Å². The Labute approximate surface area is 142 Å². The highest BCUT2D eigenvalue weighted by molar-refractivity contribution is 7.07. The van der Waals surface area contributed by atoms with Crippen molar-refractivity contribution in [1.82, 2.24) is 24.6 Å². The highest BCUT2D eigenvalue weighted by Gasteiger charge is 2.40. The van der Waals surface area contributed by atoms with Crippen LogP contribution < -0.4 is 0 Å². The first-order valence-corrected chi connectivity index (χ1v) is 8.41. The van der Waals surface area contributed by atoms with Gasteiger partial charge in [0.05, 0.1) is 5.69 Å². The molecule has 1 amide bonds. The average molecular weight is 341 g/mol. The van der Waals surface area contributed by atoms with Gasteiger partial charge in [-0.1, -0.05) is 40.0 Å². The number of aromatic nitrogens is 4. The fourth-order valence-electron chi connectivity index (χ4n) is 3.18. The van der Waals surface area contributed by atoms with Crippen LogP contribution in [0.25, 0.3) is 0 Å². The lowest BCUT2D eigenvalue weighted by Crippen LogP contribution is -2.28. The summed E-state index contributed by atoms with van der Waals surface area (Å²) in [7, 11) is 0. The fraction of sp³-hybridized carbons (Fsp3) is 0.312. The van der Waals surface area contributed by atoms with Crippen molar-refractivity contribution in [2.24, 2.45) is 0 Å². The Balaban J connectivity index is 1.66. The van der Waals surface area contributed by atoms with Crippen LogP contribution in [0.15, 0.2) is 41.2 Å². The van der Waals surface area contributed by atoms with Crippen molar-refractivity contribution in [1.29, 1.82) is 0 Å². The molecular formula is C16H15N5O2S. The molecule has 0 aliphatic carbocycles. The van der Waals surface area contributed by atoms with E-state index < -0.39 is 0 Å². The van der Waals surface area contributed by atoms with E-state index in [-0.39, 0.29) is 17.7 Å². The monoisotopic (exact) mass is 341 g/mol.